The van der Waals surface area contributed by atoms with Gasteiger partial charge >= 0.3 is 5.97 Å². The van der Waals surface area contributed by atoms with Gasteiger partial charge in [0.05, 0.1) is 14.2 Å². The van der Waals surface area contributed by atoms with E-state index in [4.69, 9.17) is 25.8 Å². The maximum atomic E-state index is 11.8. The molecule has 0 fully saturated rings. The Balaban J connectivity index is 1.79. The quantitative estimate of drug-likeness (QED) is 0.554. The van der Waals surface area contributed by atoms with Gasteiger partial charge in [-0.25, -0.2) is 4.79 Å². The van der Waals surface area contributed by atoms with Crippen LogP contribution in [0.15, 0.2) is 48.5 Å². The fourth-order valence-corrected chi connectivity index (χ4v) is 2.42. The third-order valence-electron chi connectivity index (χ3n) is 3.54. The van der Waals surface area contributed by atoms with E-state index in [0.717, 1.165) is 11.1 Å². The van der Waals surface area contributed by atoms with Gasteiger partial charge in [-0.3, -0.25) is 4.79 Å². The average Bonchev–Trinajstić information content (AvgIpc) is 2.68. The van der Waals surface area contributed by atoms with Crippen molar-refractivity contribution < 1.29 is 23.8 Å². The van der Waals surface area contributed by atoms with E-state index < -0.39 is 11.9 Å². The third kappa shape index (κ3) is 6.67. The normalized spacial score (nSPS) is 10.5. The molecule has 0 spiro atoms. The second kappa shape index (κ2) is 10.2. The van der Waals surface area contributed by atoms with Gasteiger partial charge in [-0.1, -0.05) is 29.8 Å². The van der Waals surface area contributed by atoms with Crippen LogP contribution in [0, 0.1) is 0 Å². The second-order valence-electron chi connectivity index (χ2n) is 5.46. The summed E-state index contributed by atoms with van der Waals surface area (Å²) in [4.78, 5) is 23.5. The fraction of sp³-hybridized carbons (Fsp3) is 0.200. The van der Waals surface area contributed by atoms with E-state index in [-0.39, 0.29) is 6.61 Å². The number of amides is 1. The highest BCUT2D eigenvalue weighted by Gasteiger charge is 2.06. The Labute approximate surface area is 162 Å². The molecule has 1 amide bonds. The van der Waals surface area contributed by atoms with E-state index in [1.54, 1.807) is 49.6 Å². The first-order valence-electron chi connectivity index (χ1n) is 8.10. The summed E-state index contributed by atoms with van der Waals surface area (Å²) < 4.78 is 15.3. The molecule has 0 aliphatic rings. The highest BCUT2D eigenvalue weighted by molar-refractivity contribution is 6.30. The molecule has 0 bridgehead atoms. The summed E-state index contributed by atoms with van der Waals surface area (Å²) in [7, 11) is 3.07. The van der Waals surface area contributed by atoms with Crippen LogP contribution in [0.25, 0.3) is 6.08 Å². The summed E-state index contributed by atoms with van der Waals surface area (Å²) in [6.07, 6.45) is 2.81. The maximum Gasteiger partial charge on any atom is 0.331 e. The smallest absolute Gasteiger partial charge is 0.331 e. The molecule has 0 aliphatic heterocycles. The van der Waals surface area contributed by atoms with Gasteiger partial charge in [0.25, 0.3) is 5.91 Å². The van der Waals surface area contributed by atoms with Gasteiger partial charge in [-0.15, -0.1) is 0 Å². The molecule has 142 valence electrons. The van der Waals surface area contributed by atoms with Crippen LogP contribution in [0.5, 0.6) is 11.5 Å². The Morgan fingerprint density at radius 1 is 1.07 bits per heavy atom. The zero-order valence-electron chi connectivity index (χ0n) is 15.0. The molecule has 1 N–H and O–H groups in total. The van der Waals surface area contributed by atoms with Crippen LogP contribution in [-0.4, -0.2) is 32.7 Å². The first-order valence-corrected chi connectivity index (χ1v) is 8.47. The summed E-state index contributed by atoms with van der Waals surface area (Å²) >= 11 is 5.88. The van der Waals surface area contributed by atoms with Crippen LogP contribution in [0.4, 0.5) is 0 Å². The van der Waals surface area contributed by atoms with Crippen LogP contribution in [0.3, 0.4) is 0 Å². The molecule has 2 aromatic carbocycles. The van der Waals surface area contributed by atoms with Crippen molar-refractivity contribution in [2.24, 2.45) is 0 Å². The summed E-state index contributed by atoms with van der Waals surface area (Å²) in [6, 6.07) is 12.3. The van der Waals surface area contributed by atoms with Crippen molar-refractivity contribution in [3.05, 3.63) is 64.7 Å². The van der Waals surface area contributed by atoms with Crippen LogP contribution < -0.4 is 14.8 Å². The first-order chi connectivity index (χ1) is 13.0. The van der Waals surface area contributed by atoms with Crippen molar-refractivity contribution >= 4 is 29.6 Å². The number of ether oxygens (including phenoxy) is 3. The summed E-state index contributed by atoms with van der Waals surface area (Å²) in [6.45, 7) is -0.0614. The molecule has 2 aromatic rings. The molecular formula is C20H20ClNO5. The Kier molecular flexibility index (Phi) is 7.70. The lowest BCUT2D eigenvalue weighted by molar-refractivity contribution is -0.143. The third-order valence-corrected chi connectivity index (χ3v) is 3.78. The van der Waals surface area contributed by atoms with Crippen molar-refractivity contribution in [2.45, 2.75) is 6.54 Å². The van der Waals surface area contributed by atoms with Crippen LogP contribution >= 0.6 is 11.6 Å². The molecule has 0 aromatic heterocycles. The summed E-state index contributed by atoms with van der Waals surface area (Å²) in [5, 5.41) is 3.24. The van der Waals surface area contributed by atoms with E-state index in [1.807, 2.05) is 6.07 Å². The highest BCUT2D eigenvalue weighted by atomic mass is 35.5. The molecule has 2 rings (SSSR count). The Morgan fingerprint density at radius 2 is 1.85 bits per heavy atom. The van der Waals surface area contributed by atoms with E-state index >= 15 is 0 Å². The molecule has 0 aliphatic carbocycles. The number of hydrogen-bond acceptors (Lipinski definition) is 5. The number of nitrogens with one attached hydrogen (secondary N) is 1. The number of esters is 1. The number of halogens is 1. The molecular weight excluding hydrogens is 370 g/mol. The van der Waals surface area contributed by atoms with Gasteiger partial charge in [0, 0.05) is 17.6 Å². The van der Waals surface area contributed by atoms with Crippen LogP contribution in [0.1, 0.15) is 11.1 Å². The molecule has 6 nitrogen and oxygen atoms in total. The molecule has 0 atom stereocenters. The lowest BCUT2D eigenvalue weighted by Gasteiger charge is -2.07. The van der Waals surface area contributed by atoms with E-state index in [1.165, 1.54) is 13.2 Å². The Morgan fingerprint density at radius 3 is 2.56 bits per heavy atom. The van der Waals surface area contributed by atoms with Crippen molar-refractivity contribution in [2.75, 3.05) is 20.8 Å². The Bertz CT molecular complexity index is 835. The van der Waals surface area contributed by atoms with Gasteiger partial charge in [0.15, 0.2) is 18.1 Å². The van der Waals surface area contributed by atoms with Crippen molar-refractivity contribution in [3.63, 3.8) is 0 Å². The number of benzene rings is 2. The minimum absolute atomic E-state index is 0.304. The SMILES string of the molecule is COc1ccc(/C=C/C(=O)OCC(=O)NCc2cccc(Cl)c2)cc1OC. The Hall–Kier alpha value is -2.99. The highest BCUT2D eigenvalue weighted by Crippen LogP contribution is 2.27. The number of rotatable bonds is 8. The van der Waals surface area contributed by atoms with Crippen LogP contribution in [0.2, 0.25) is 5.02 Å². The molecule has 0 saturated heterocycles. The molecule has 7 heteroatoms. The molecule has 0 heterocycles. The van der Waals surface area contributed by atoms with Crippen molar-refractivity contribution in [1.82, 2.24) is 5.32 Å². The number of carbonyl (C=O) groups is 2. The monoisotopic (exact) mass is 389 g/mol. The fourth-order valence-electron chi connectivity index (χ4n) is 2.20. The van der Waals surface area contributed by atoms with Crippen molar-refractivity contribution in [3.8, 4) is 11.5 Å². The molecule has 0 unspecified atom stereocenters. The predicted octanol–water partition coefficient (Wildman–Crippen LogP) is 3.23. The van der Waals surface area contributed by atoms with E-state index in [2.05, 4.69) is 5.32 Å². The maximum absolute atomic E-state index is 11.8. The molecule has 27 heavy (non-hydrogen) atoms. The van der Waals surface area contributed by atoms with Crippen molar-refractivity contribution in [1.29, 1.82) is 0 Å². The van der Waals surface area contributed by atoms with Gasteiger partial charge < -0.3 is 19.5 Å². The first kappa shape index (κ1) is 20.3. The number of carbonyl (C=O) groups excluding carboxylic acids is 2. The zero-order valence-corrected chi connectivity index (χ0v) is 15.8. The van der Waals surface area contributed by atoms with E-state index in [9.17, 15) is 9.59 Å². The predicted molar refractivity (Wildman–Crippen MR) is 103 cm³/mol. The zero-order chi connectivity index (χ0) is 19.6. The van der Waals surface area contributed by atoms with Gasteiger partial charge in [-0.05, 0) is 41.5 Å². The molecule has 0 radical (unpaired) electrons. The minimum atomic E-state index is -0.623. The topological polar surface area (TPSA) is 73.9 Å². The minimum Gasteiger partial charge on any atom is -0.493 e. The number of hydrogen-bond donors (Lipinski definition) is 1. The van der Waals surface area contributed by atoms with E-state index in [0.29, 0.717) is 23.1 Å². The number of methoxy groups -OCH3 is 2. The lowest BCUT2D eigenvalue weighted by Crippen LogP contribution is -2.28. The summed E-state index contributed by atoms with van der Waals surface area (Å²) in [5.41, 5.74) is 1.59. The summed E-state index contributed by atoms with van der Waals surface area (Å²) in [5.74, 6) is 0.118. The second-order valence-corrected chi connectivity index (χ2v) is 5.90. The van der Waals surface area contributed by atoms with Gasteiger partial charge in [0.2, 0.25) is 0 Å². The van der Waals surface area contributed by atoms with Gasteiger partial charge in [-0.2, -0.15) is 0 Å². The lowest BCUT2D eigenvalue weighted by atomic mass is 10.2. The van der Waals surface area contributed by atoms with Gasteiger partial charge in [0.1, 0.15) is 0 Å². The molecule has 0 saturated carbocycles. The largest absolute Gasteiger partial charge is 0.493 e. The average molecular weight is 390 g/mol. The standard InChI is InChI=1S/C20H20ClNO5/c1-25-17-8-6-14(11-18(17)26-2)7-9-20(24)27-13-19(23)22-12-15-4-3-5-16(21)10-15/h3-11H,12-13H2,1-2H3,(H,22,23)/b9-7+. The van der Waals surface area contributed by atoms with Crippen LogP contribution in [-0.2, 0) is 20.9 Å².